The van der Waals surface area contributed by atoms with E-state index in [1.807, 2.05) is 37.4 Å². The summed E-state index contributed by atoms with van der Waals surface area (Å²) in [6.07, 6.45) is 0. The molecule has 0 saturated heterocycles. The van der Waals surface area contributed by atoms with E-state index < -0.39 is 0 Å². The summed E-state index contributed by atoms with van der Waals surface area (Å²) in [7, 11) is 1.93. The van der Waals surface area contributed by atoms with Crippen LogP contribution in [0.1, 0.15) is 11.1 Å². The average Bonchev–Trinajstić information content (AvgIpc) is 2.48. The Morgan fingerprint density at radius 2 is 1.71 bits per heavy atom. The van der Waals surface area contributed by atoms with Crippen molar-refractivity contribution in [2.24, 2.45) is 0 Å². The van der Waals surface area contributed by atoms with Gasteiger partial charge in [0.15, 0.2) is 0 Å². The summed E-state index contributed by atoms with van der Waals surface area (Å²) in [5.41, 5.74) is 2.31. The SMILES string of the molecule is CNCc1cccc(C)c1OCCOc1ccc(Br)cc1. The molecule has 0 fully saturated rings. The van der Waals surface area contributed by atoms with E-state index in [0.29, 0.717) is 13.2 Å². The van der Waals surface area contributed by atoms with E-state index in [9.17, 15) is 0 Å². The minimum atomic E-state index is 0.523. The zero-order valence-electron chi connectivity index (χ0n) is 12.4. The van der Waals surface area contributed by atoms with Gasteiger partial charge in [0.2, 0.25) is 0 Å². The van der Waals surface area contributed by atoms with Crippen molar-refractivity contribution in [2.75, 3.05) is 20.3 Å². The third-order valence-corrected chi connectivity index (χ3v) is 3.60. The highest BCUT2D eigenvalue weighted by Crippen LogP contribution is 2.23. The van der Waals surface area contributed by atoms with Crippen LogP contribution in [0.2, 0.25) is 0 Å². The van der Waals surface area contributed by atoms with Gasteiger partial charge in [0.05, 0.1) is 0 Å². The van der Waals surface area contributed by atoms with Crippen LogP contribution in [0.4, 0.5) is 0 Å². The van der Waals surface area contributed by atoms with Crippen molar-refractivity contribution in [3.05, 3.63) is 58.1 Å². The second-order valence-electron chi connectivity index (χ2n) is 4.74. The van der Waals surface area contributed by atoms with Gasteiger partial charge in [0, 0.05) is 16.6 Å². The first-order chi connectivity index (χ1) is 10.2. The molecule has 0 saturated carbocycles. The Bertz CT molecular complexity index is 570. The van der Waals surface area contributed by atoms with Crippen molar-refractivity contribution in [2.45, 2.75) is 13.5 Å². The Kier molecular flexibility index (Phi) is 6.08. The number of hydrogen-bond acceptors (Lipinski definition) is 3. The lowest BCUT2D eigenvalue weighted by Crippen LogP contribution is -2.13. The van der Waals surface area contributed by atoms with Crippen molar-refractivity contribution in [3.63, 3.8) is 0 Å². The summed E-state index contributed by atoms with van der Waals surface area (Å²) < 4.78 is 12.6. The van der Waals surface area contributed by atoms with Crippen LogP contribution in [-0.2, 0) is 6.54 Å². The lowest BCUT2D eigenvalue weighted by Gasteiger charge is -2.14. The molecule has 0 bridgehead atoms. The molecule has 4 heteroatoms. The maximum absolute atomic E-state index is 5.89. The number of nitrogens with one attached hydrogen (secondary N) is 1. The third-order valence-electron chi connectivity index (χ3n) is 3.07. The molecule has 21 heavy (non-hydrogen) atoms. The van der Waals surface area contributed by atoms with Crippen molar-refractivity contribution < 1.29 is 9.47 Å². The quantitative estimate of drug-likeness (QED) is 0.768. The summed E-state index contributed by atoms with van der Waals surface area (Å²) in [6.45, 7) is 3.90. The van der Waals surface area contributed by atoms with Crippen LogP contribution in [0.3, 0.4) is 0 Å². The number of hydrogen-bond donors (Lipinski definition) is 1. The lowest BCUT2D eigenvalue weighted by atomic mass is 10.1. The maximum Gasteiger partial charge on any atom is 0.126 e. The van der Waals surface area contributed by atoms with Crippen LogP contribution in [0.15, 0.2) is 46.9 Å². The predicted molar refractivity (Wildman–Crippen MR) is 89.1 cm³/mol. The minimum Gasteiger partial charge on any atom is -0.490 e. The molecule has 0 amide bonds. The van der Waals surface area contributed by atoms with E-state index in [4.69, 9.17) is 9.47 Å². The van der Waals surface area contributed by atoms with Gasteiger partial charge in [-0.3, -0.25) is 0 Å². The van der Waals surface area contributed by atoms with E-state index in [2.05, 4.69) is 40.3 Å². The summed E-state index contributed by atoms with van der Waals surface area (Å²) in [4.78, 5) is 0. The second kappa shape index (κ2) is 8.05. The van der Waals surface area contributed by atoms with Gasteiger partial charge in [-0.15, -0.1) is 0 Å². The van der Waals surface area contributed by atoms with Crippen LogP contribution in [0, 0.1) is 6.92 Å². The smallest absolute Gasteiger partial charge is 0.126 e. The minimum absolute atomic E-state index is 0.523. The van der Waals surface area contributed by atoms with E-state index >= 15 is 0 Å². The monoisotopic (exact) mass is 349 g/mol. The third kappa shape index (κ3) is 4.76. The fourth-order valence-electron chi connectivity index (χ4n) is 2.08. The predicted octanol–water partition coefficient (Wildman–Crippen LogP) is 3.93. The Morgan fingerprint density at radius 1 is 1.00 bits per heavy atom. The summed E-state index contributed by atoms with van der Waals surface area (Å²) in [5, 5.41) is 3.16. The Balaban J connectivity index is 1.87. The number of halogens is 1. The first-order valence-electron chi connectivity index (χ1n) is 6.95. The van der Waals surface area contributed by atoms with E-state index in [1.165, 1.54) is 5.56 Å². The van der Waals surface area contributed by atoms with Crippen LogP contribution < -0.4 is 14.8 Å². The van der Waals surface area contributed by atoms with E-state index in [1.54, 1.807) is 0 Å². The summed E-state index contributed by atoms with van der Waals surface area (Å²) in [5.74, 6) is 1.80. The molecule has 0 spiro atoms. The molecule has 0 aliphatic carbocycles. The molecule has 1 N–H and O–H groups in total. The molecule has 2 aromatic rings. The Labute approximate surface area is 134 Å². The fraction of sp³-hybridized carbons (Fsp3) is 0.294. The molecule has 0 atom stereocenters. The lowest BCUT2D eigenvalue weighted by molar-refractivity contribution is 0.215. The summed E-state index contributed by atoms with van der Waals surface area (Å²) in [6, 6.07) is 14.0. The van der Waals surface area contributed by atoms with Crippen molar-refractivity contribution in [1.82, 2.24) is 5.32 Å². The highest BCUT2D eigenvalue weighted by Gasteiger charge is 2.06. The molecule has 0 aromatic heterocycles. The highest BCUT2D eigenvalue weighted by molar-refractivity contribution is 9.10. The molecule has 0 radical (unpaired) electrons. The first-order valence-corrected chi connectivity index (χ1v) is 7.74. The molecule has 0 heterocycles. The van der Waals surface area contributed by atoms with Crippen LogP contribution in [-0.4, -0.2) is 20.3 Å². The van der Waals surface area contributed by atoms with Gasteiger partial charge in [0.25, 0.3) is 0 Å². The molecular formula is C17H20BrNO2. The molecule has 0 unspecified atom stereocenters. The van der Waals surface area contributed by atoms with Crippen LogP contribution in [0.5, 0.6) is 11.5 Å². The van der Waals surface area contributed by atoms with Crippen molar-refractivity contribution in [3.8, 4) is 11.5 Å². The van der Waals surface area contributed by atoms with Gasteiger partial charge >= 0.3 is 0 Å². The molecule has 2 aromatic carbocycles. The Hall–Kier alpha value is -1.52. The topological polar surface area (TPSA) is 30.5 Å². The number of ether oxygens (including phenoxy) is 2. The van der Waals surface area contributed by atoms with Crippen molar-refractivity contribution >= 4 is 15.9 Å². The number of para-hydroxylation sites is 1. The molecule has 0 aliphatic rings. The zero-order valence-corrected chi connectivity index (χ0v) is 13.9. The normalized spacial score (nSPS) is 10.4. The van der Waals surface area contributed by atoms with Gasteiger partial charge in [-0.05, 0) is 43.8 Å². The largest absolute Gasteiger partial charge is 0.490 e. The van der Waals surface area contributed by atoms with Gasteiger partial charge in [-0.25, -0.2) is 0 Å². The standard InChI is InChI=1S/C17H20BrNO2/c1-13-4-3-5-14(12-19-2)17(13)21-11-10-20-16-8-6-15(18)7-9-16/h3-9,19H,10-12H2,1-2H3. The number of benzene rings is 2. The van der Waals surface area contributed by atoms with Gasteiger partial charge < -0.3 is 14.8 Å². The molecule has 2 rings (SSSR count). The van der Waals surface area contributed by atoms with Crippen LogP contribution in [0.25, 0.3) is 0 Å². The second-order valence-corrected chi connectivity index (χ2v) is 5.66. The molecule has 3 nitrogen and oxygen atoms in total. The van der Waals surface area contributed by atoms with Crippen LogP contribution >= 0.6 is 15.9 Å². The van der Waals surface area contributed by atoms with Gasteiger partial charge in [0.1, 0.15) is 24.7 Å². The van der Waals surface area contributed by atoms with Crippen molar-refractivity contribution in [1.29, 1.82) is 0 Å². The van der Waals surface area contributed by atoms with Gasteiger partial charge in [-0.2, -0.15) is 0 Å². The molecule has 0 aliphatic heterocycles. The maximum atomic E-state index is 5.89. The Morgan fingerprint density at radius 3 is 2.43 bits per heavy atom. The number of aryl methyl sites for hydroxylation is 1. The van der Waals surface area contributed by atoms with E-state index in [0.717, 1.165) is 28.1 Å². The molecular weight excluding hydrogens is 330 g/mol. The fourth-order valence-corrected chi connectivity index (χ4v) is 2.35. The molecule has 112 valence electrons. The first kappa shape index (κ1) is 15.9. The van der Waals surface area contributed by atoms with Gasteiger partial charge in [-0.1, -0.05) is 34.1 Å². The average molecular weight is 350 g/mol. The zero-order chi connectivity index (χ0) is 15.1. The highest BCUT2D eigenvalue weighted by atomic mass is 79.9. The summed E-state index contributed by atoms with van der Waals surface area (Å²) >= 11 is 3.40. The number of rotatable bonds is 7. The van der Waals surface area contributed by atoms with E-state index in [-0.39, 0.29) is 0 Å².